The van der Waals surface area contributed by atoms with E-state index in [4.69, 9.17) is 5.73 Å². The summed E-state index contributed by atoms with van der Waals surface area (Å²) in [4.78, 5) is 16.7. The molecule has 2 N–H and O–H groups in total. The van der Waals surface area contributed by atoms with Crippen molar-refractivity contribution in [2.45, 2.75) is 23.6 Å². The van der Waals surface area contributed by atoms with Crippen molar-refractivity contribution in [2.24, 2.45) is 5.92 Å². The molecule has 76 valence electrons. The van der Waals surface area contributed by atoms with Crippen LogP contribution >= 0.6 is 23.1 Å². The van der Waals surface area contributed by atoms with E-state index in [2.05, 4.69) is 4.98 Å². The zero-order valence-electron chi connectivity index (χ0n) is 7.95. The lowest BCUT2D eigenvalue weighted by atomic mass is 9.82. The molecule has 3 nitrogen and oxygen atoms in total. The molecular formula is C9H12N2OS2. The van der Waals surface area contributed by atoms with Gasteiger partial charge in [-0.1, -0.05) is 18.2 Å². The lowest BCUT2D eigenvalue weighted by molar-refractivity contribution is 0.0860. The summed E-state index contributed by atoms with van der Waals surface area (Å²) in [7, 11) is 0. The van der Waals surface area contributed by atoms with Crippen LogP contribution < -0.4 is 5.73 Å². The molecule has 1 aromatic heterocycles. The van der Waals surface area contributed by atoms with Crippen molar-refractivity contribution in [1.29, 1.82) is 0 Å². The van der Waals surface area contributed by atoms with E-state index in [1.807, 2.05) is 6.26 Å². The van der Waals surface area contributed by atoms with Crippen LogP contribution in [0.5, 0.6) is 0 Å². The fraction of sp³-hybridized carbons (Fsp3) is 0.556. The summed E-state index contributed by atoms with van der Waals surface area (Å²) < 4.78 is 0.880. The van der Waals surface area contributed by atoms with Crippen LogP contribution in [0.2, 0.25) is 0 Å². The van der Waals surface area contributed by atoms with Gasteiger partial charge in [0, 0.05) is 5.92 Å². The maximum atomic E-state index is 11.9. The normalized spacial score (nSPS) is 16.6. The molecule has 2 rings (SSSR count). The van der Waals surface area contributed by atoms with Gasteiger partial charge in [0.2, 0.25) is 0 Å². The smallest absolute Gasteiger partial charge is 0.179 e. The number of anilines is 1. The van der Waals surface area contributed by atoms with E-state index in [-0.39, 0.29) is 11.7 Å². The van der Waals surface area contributed by atoms with Gasteiger partial charge in [-0.2, -0.15) is 0 Å². The second-order valence-corrected chi connectivity index (χ2v) is 5.44. The van der Waals surface area contributed by atoms with Crippen molar-refractivity contribution in [3.63, 3.8) is 0 Å². The second-order valence-electron chi connectivity index (χ2n) is 3.39. The van der Waals surface area contributed by atoms with Crippen molar-refractivity contribution in [2.75, 3.05) is 12.0 Å². The second kappa shape index (κ2) is 3.90. The van der Waals surface area contributed by atoms with Crippen LogP contribution in [0.4, 0.5) is 5.82 Å². The quantitative estimate of drug-likeness (QED) is 0.637. The molecule has 0 bridgehead atoms. The first-order chi connectivity index (χ1) is 6.72. The molecule has 0 atom stereocenters. The minimum atomic E-state index is 0.201. The van der Waals surface area contributed by atoms with Crippen molar-refractivity contribution in [3.05, 3.63) is 4.88 Å². The maximum absolute atomic E-state index is 11.9. The molecule has 1 heterocycles. The maximum Gasteiger partial charge on any atom is 0.179 e. The van der Waals surface area contributed by atoms with Crippen LogP contribution in [-0.4, -0.2) is 17.0 Å². The van der Waals surface area contributed by atoms with Crippen molar-refractivity contribution < 1.29 is 4.79 Å². The molecule has 0 unspecified atom stereocenters. The van der Waals surface area contributed by atoms with Gasteiger partial charge in [-0.3, -0.25) is 4.79 Å². The Hall–Kier alpha value is -0.550. The third-order valence-corrected chi connectivity index (χ3v) is 4.58. The van der Waals surface area contributed by atoms with Crippen LogP contribution in [0.1, 0.15) is 28.9 Å². The predicted octanol–water partition coefficient (Wildman–Crippen LogP) is 2.43. The van der Waals surface area contributed by atoms with Crippen LogP contribution in [-0.2, 0) is 0 Å². The molecule has 1 aliphatic rings. The monoisotopic (exact) mass is 228 g/mol. The van der Waals surface area contributed by atoms with Gasteiger partial charge in [0.25, 0.3) is 0 Å². The van der Waals surface area contributed by atoms with Gasteiger partial charge in [-0.25, -0.2) is 4.98 Å². The summed E-state index contributed by atoms with van der Waals surface area (Å²) in [6, 6.07) is 0. The highest BCUT2D eigenvalue weighted by Crippen LogP contribution is 2.35. The average Bonchev–Trinajstić information content (AvgIpc) is 2.43. The number of carbonyl (C=O) groups excluding carboxylic acids is 1. The molecule has 0 saturated heterocycles. The Morgan fingerprint density at radius 2 is 2.36 bits per heavy atom. The van der Waals surface area contributed by atoms with Gasteiger partial charge >= 0.3 is 0 Å². The van der Waals surface area contributed by atoms with Gasteiger partial charge < -0.3 is 5.73 Å². The summed E-state index contributed by atoms with van der Waals surface area (Å²) in [5.74, 6) is 0.829. The molecule has 1 aromatic rings. The van der Waals surface area contributed by atoms with Gasteiger partial charge in [0.05, 0.1) is 0 Å². The molecule has 1 aliphatic carbocycles. The number of thiazole rings is 1. The molecule has 5 heteroatoms. The van der Waals surface area contributed by atoms with Gasteiger partial charge in [0.15, 0.2) is 10.1 Å². The largest absolute Gasteiger partial charge is 0.382 e. The topological polar surface area (TPSA) is 56.0 Å². The number of nitrogens with zero attached hydrogens (tertiary/aromatic N) is 1. The van der Waals surface area contributed by atoms with E-state index >= 15 is 0 Å². The number of thioether (sulfide) groups is 1. The number of hydrogen-bond acceptors (Lipinski definition) is 5. The Labute approximate surface area is 91.1 Å². The highest BCUT2D eigenvalue weighted by Gasteiger charge is 2.29. The highest BCUT2D eigenvalue weighted by molar-refractivity contribution is 8.00. The number of nitrogen functional groups attached to an aromatic ring is 1. The Balaban J connectivity index is 2.21. The first-order valence-corrected chi connectivity index (χ1v) is 6.61. The molecule has 1 saturated carbocycles. The Morgan fingerprint density at radius 3 is 2.79 bits per heavy atom. The average molecular weight is 228 g/mol. The summed E-state index contributed by atoms with van der Waals surface area (Å²) >= 11 is 2.96. The van der Waals surface area contributed by atoms with Gasteiger partial charge in [-0.05, 0) is 19.1 Å². The zero-order valence-corrected chi connectivity index (χ0v) is 9.58. The minimum absolute atomic E-state index is 0.201. The van der Waals surface area contributed by atoms with Crippen LogP contribution in [0, 0.1) is 5.92 Å². The lowest BCUT2D eigenvalue weighted by Gasteiger charge is -2.22. The van der Waals surface area contributed by atoms with E-state index in [1.54, 1.807) is 0 Å². The highest BCUT2D eigenvalue weighted by atomic mass is 32.2. The standard InChI is InChI=1S/C9H12N2OS2/c1-13-9-11-8(10)7(14-9)6(12)5-3-2-4-5/h5H,2-4,10H2,1H3. The Morgan fingerprint density at radius 1 is 1.64 bits per heavy atom. The van der Waals surface area contributed by atoms with Crippen LogP contribution in [0.3, 0.4) is 0 Å². The molecule has 1 fully saturated rings. The zero-order chi connectivity index (χ0) is 10.1. The molecule has 0 aliphatic heterocycles. The molecule has 14 heavy (non-hydrogen) atoms. The minimum Gasteiger partial charge on any atom is -0.382 e. The number of rotatable bonds is 3. The SMILES string of the molecule is CSc1nc(N)c(C(=O)C2CCC2)s1. The fourth-order valence-corrected chi connectivity index (χ4v) is 2.94. The molecule has 0 amide bonds. The summed E-state index contributed by atoms with van der Waals surface area (Å²) in [6.45, 7) is 0. The Kier molecular flexibility index (Phi) is 2.78. The number of ketones is 1. The number of hydrogen-bond donors (Lipinski definition) is 1. The predicted molar refractivity (Wildman–Crippen MR) is 60.0 cm³/mol. The number of aromatic nitrogens is 1. The van der Waals surface area contributed by atoms with Crippen molar-refractivity contribution >= 4 is 34.7 Å². The van der Waals surface area contributed by atoms with Gasteiger partial charge in [0.1, 0.15) is 10.7 Å². The lowest BCUT2D eigenvalue weighted by Crippen LogP contribution is -2.21. The first kappa shape index (κ1) is 9.98. The third kappa shape index (κ3) is 1.66. The fourth-order valence-electron chi connectivity index (χ4n) is 1.43. The first-order valence-electron chi connectivity index (χ1n) is 4.57. The third-order valence-electron chi connectivity index (χ3n) is 2.51. The van der Waals surface area contributed by atoms with E-state index in [1.165, 1.54) is 29.5 Å². The molecular weight excluding hydrogens is 216 g/mol. The van der Waals surface area contributed by atoms with Crippen molar-refractivity contribution in [3.8, 4) is 0 Å². The number of carbonyl (C=O) groups is 1. The van der Waals surface area contributed by atoms with E-state index in [0.717, 1.165) is 17.2 Å². The van der Waals surface area contributed by atoms with Gasteiger partial charge in [-0.15, -0.1) is 11.3 Å². The van der Waals surface area contributed by atoms with Crippen LogP contribution in [0.15, 0.2) is 4.34 Å². The molecule has 0 spiro atoms. The van der Waals surface area contributed by atoms with E-state index < -0.39 is 0 Å². The summed E-state index contributed by atoms with van der Waals surface area (Å²) in [6.07, 6.45) is 5.15. The number of nitrogens with two attached hydrogens (primary N) is 1. The van der Waals surface area contributed by atoms with E-state index in [0.29, 0.717) is 10.7 Å². The van der Waals surface area contributed by atoms with E-state index in [9.17, 15) is 4.79 Å². The molecule has 0 aromatic carbocycles. The molecule has 0 radical (unpaired) electrons. The number of Topliss-reactive ketones (excluding diaryl/α,β-unsaturated/α-hetero) is 1. The summed E-state index contributed by atoms with van der Waals surface area (Å²) in [5, 5.41) is 0. The Bertz CT molecular complexity index is 358. The van der Waals surface area contributed by atoms with Crippen LogP contribution in [0.25, 0.3) is 0 Å². The summed E-state index contributed by atoms with van der Waals surface area (Å²) in [5.41, 5.74) is 5.70. The van der Waals surface area contributed by atoms with Crippen molar-refractivity contribution in [1.82, 2.24) is 4.98 Å².